The number of hydrogen-bond acceptors (Lipinski definition) is 8. The number of rotatable bonds is 6. The summed E-state index contributed by atoms with van der Waals surface area (Å²) >= 11 is 0. The molecule has 0 radical (unpaired) electrons. The van der Waals surface area contributed by atoms with Crippen LogP contribution < -0.4 is 10.2 Å². The maximum absolute atomic E-state index is 14.0. The summed E-state index contributed by atoms with van der Waals surface area (Å²) in [5.74, 6) is 0.622. The Morgan fingerprint density at radius 1 is 0.971 bits per heavy atom. The van der Waals surface area contributed by atoms with Crippen molar-refractivity contribution < 1.29 is 13.5 Å². The SMILES string of the molecule is CN(C)C1CCC(Nc2nc(N3CCOCC3)nc(-n3c(C(F)F)nc4ccccc43)n2)CC1. The van der Waals surface area contributed by atoms with Crippen LogP contribution in [0.2, 0.25) is 0 Å². The zero-order valence-corrected chi connectivity index (χ0v) is 19.5. The summed E-state index contributed by atoms with van der Waals surface area (Å²) in [4.78, 5) is 22.3. The molecule has 3 heterocycles. The highest BCUT2D eigenvalue weighted by atomic mass is 19.3. The minimum absolute atomic E-state index is 0.143. The normalized spacial score (nSPS) is 21.5. The summed E-state index contributed by atoms with van der Waals surface area (Å²) in [6.45, 7) is 2.38. The number of hydrogen-bond donors (Lipinski definition) is 1. The third kappa shape index (κ3) is 4.67. The van der Waals surface area contributed by atoms with E-state index in [9.17, 15) is 8.78 Å². The number of imidazole rings is 1. The van der Waals surface area contributed by atoms with Crippen LogP contribution in [0.15, 0.2) is 24.3 Å². The number of benzene rings is 1. The van der Waals surface area contributed by atoms with Gasteiger partial charge in [0, 0.05) is 25.2 Å². The van der Waals surface area contributed by atoms with E-state index in [0.29, 0.717) is 55.3 Å². The minimum Gasteiger partial charge on any atom is -0.378 e. The van der Waals surface area contributed by atoms with Crippen LogP contribution in [-0.4, -0.2) is 81.9 Å². The van der Waals surface area contributed by atoms with Crippen molar-refractivity contribution >= 4 is 22.9 Å². The molecule has 2 aliphatic rings. The van der Waals surface area contributed by atoms with Gasteiger partial charge in [-0.15, -0.1) is 0 Å². The third-order valence-electron chi connectivity index (χ3n) is 6.65. The molecule has 1 N–H and O–H groups in total. The van der Waals surface area contributed by atoms with E-state index in [4.69, 9.17) is 4.74 Å². The van der Waals surface area contributed by atoms with Crippen molar-refractivity contribution in [3.05, 3.63) is 30.1 Å². The molecule has 9 nitrogen and oxygen atoms in total. The lowest BCUT2D eigenvalue weighted by molar-refractivity contribution is 0.122. The summed E-state index contributed by atoms with van der Waals surface area (Å²) in [7, 11) is 4.22. The third-order valence-corrected chi connectivity index (χ3v) is 6.65. The van der Waals surface area contributed by atoms with Crippen molar-refractivity contribution in [3.63, 3.8) is 0 Å². The molecule has 1 aliphatic carbocycles. The molecule has 11 heteroatoms. The number of aromatic nitrogens is 5. The van der Waals surface area contributed by atoms with E-state index in [1.54, 1.807) is 24.3 Å². The van der Waals surface area contributed by atoms with E-state index in [2.05, 4.69) is 44.2 Å². The molecular weight excluding hydrogens is 442 g/mol. The van der Waals surface area contributed by atoms with Gasteiger partial charge in [0.15, 0.2) is 5.82 Å². The van der Waals surface area contributed by atoms with E-state index in [-0.39, 0.29) is 17.8 Å². The number of fused-ring (bicyclic) bond motifs is 1. The summed E-state index contributed by atoms with van der Waals surface area (Å²) in [6.07, 6.45) is 1.38. The summed E-state index contributed by atoms with van der Waals surface area (Å²) in [6, 6.07) is 7.83. The molecule has 3 aromatic rings. The van der Waals surface area contributed by atoms with E-state index >= 15 is 0 Å². The van der Waals surface area contributed by atoms with E-state index < -0.39 is 6.43 Å². The molecule has 0 atom stereocenters. The molecular formula is C23H30F2N8O. The first-order valence-electron chi connectivity index (χ1n) is 11.8. The van der Waals surface area contributed by atoms with Crippen molar-refractivity contribution in [1.29, 1.82) is 0 Å². The first kappa shape index (κ1) is 22.9. The lowest BCUT2D eigenvalue weighted by atomic mass is 9.91. The Morgan fingerprint density at radius 3 is 2.38 bits per heavy atom. The largest absolute Gasteiger partial charge is 0.378 e. The second-order valence-electron chi connectivity index (χ2n) is 9.07. The molecule has 2 fully saturated rings. The van der Waals surface area contributed by atoms with Gasteiger partial charge in [-0.2, -0.15) is 15.0 Å². The van der Waals surface area contributed by atoms with Gasteiger partial charge in [0.25, 0.3) is 6.43 Å². The molecule has 182 valence electrons. The average Bonchev–Trinajstić information content (AvgIpc) is 3.25. The number of para-hydroxylation sites is 2. The van der Waals surface area contributed by atoms with Gasteiger partial charge in [0.05, 0.1) is 24.2 Å². The zero-order valence-electron chi connectivity index (χ0n) is 19.5. The summed E-state index contributed by atoms with van der Waals surface area (Å²) in [5.41, 5.74) is 1.01. The van der Waals surface area contributed by atoms with Gasteiger partial charge in [0.1, 0.15) is 0 Å². The Labute approximate surface area is 197 Å². The van der Waals surface area contributed by atoms with Crippen molar-refractivity contribution in [1.82, 2.24) is 29.4 Å². The standard InChI is InChI=1S/C23H30F2N8O/c1-31(2)16-9-7-15(8-10-16)26-21-28-22(32-11-13-34-14-12-32)30-23(29-21)33-18-6-4-3-5-17(18)27-20(33)19(24)25/h3-6,15-16,19H,7-14H2,1-2H3,(H,26,28,29,30). The predicted molar refractivity (Wildman–Crippen MR) is 126 cm³/mol. The highest BCUT2D eigenvalue weighted by Gasteiger charge is 2.26. The molecule has 1 saturated heterocycles. The summed E-state index contributed by atoms with van der Waals surface area (Å²) in [5, 5.41) is 3.46. The average molecular weight is 473 g/mol. The summed E-state index contributed by atoms with van der Waals surface area (Å²) < 4.78 is 34.8. The molecule has 34 heavy (non-hydrogen) atoms. The number of nitrogens with zero attached hydrogens (tertiary/aromatic N) is 7. The van der Waals surface area contributed by atoms with Gasteiger partial charge in [-0.1, -0.05) is 12.1 Å². The van der Waals surface area contributed by atoms with Crippen molar-refractivity contribution in [3.8, 4) is 5.95 Å². The topological polar surface area (TPSA) is 84.2 Å². The Kier molecular flexibility index (Phi) is 6.55. The first-order chi connectivity index (χ1) is 16.5. The lowest BCUT2D eigenvalue weighted by Crippen LogP contribution is -2.38. The van der Waals surface area contributed by atoms with Gasteiger partial charge >= 0.3 is 0 Å². The quantitative estimate of drug-likeness (QED) is 0.585. The van der Waals surface area contributed by atoms with Crippen molar-refractivity contribution in [2.24, 2.45) is 0 Å². The number of morpholine rings is 1. The number of ether oxygens (including phenoxy) is 1. The monoisotopic (exact) mass is 472 g/mol. The van der Waals surface area contributed by atoms with Gasteiger partial charge in [-0.3, -0.25) is 4.57 Å². The minimum atomic E-state index is -2.77. The highest BCUT2D eigenvalue weighted by Crippen LogP contribution is 2.29. The number of alkyl halides is 2. The maximum Gasteiger partial charge on any atom is 0.296 e. The molecule has 0 spiro atoms. The lowest BCUT2D eigenvalue weighted by Gasteiger charge is -2.33. The fourth-order valence-corrected chi connectivity index (χ4v) is 4.74. The number of halogens is 2. The van der Waals surface area contributed by atoms with Gasteiger partial charge in [-0.25, -0.2) is 13.8 Å². The van der Waals surface area contributed by atoms with Crippen LogP contribution in [0.1, 0.15) is 37.9 Å². The Balaban J connectivity index is 1.53. The van der Waals surface area contributed by atoms with Crippen LogP contribution in [0, 0.1) is 0 Å². The number of anilines is 2. The van der Waals surface area contributed by atoms with Gasteiger partial charge < -0.3 is 19.9 Å². The molecule has 0 bridgehead atoms. The highest BCUT2D eigenvalue weighted by molar-refractivity contribution is 5.77. The van der Waals surface area contributed by atoms with E-state index in [0.717, 1.165) is 25.7 Å². The molecule has 0 amide bonds. The Bertz CT molecular complexity index is 1120. The van der Waals surface area contributed by atoms with Gasteiger partial charge in [-0.05, 0) is 51.9 Å². The van der Waals surface area contributed by atoms with E-state index in [1.165, 1.54) is 4.57 Å². The molecule has 2 aromatic heterocycles. The maximum atomic E-state index is 14.0. The smallest absolute Gasteiger partial charge is 0.296 e. The van der Waals surface area contributed by atoms with Crippen LogP contribution >= 0.6 is 0 Å². The molecule has 1 aliphatic heterocycles. The zero-order chi connectivity index (χ0) is 23.7. The predicted octanol–water partition coefficient (Wildman–Crippen LogP) is 3.27. The Hall–Kier alpha value is -2.92. The van der Waals surface area contributed by atoms with Crippen LogP contribution in [0.4, 0.5) is 20.7 Å². The Morgan fingerprint density at radius 2 is 1.68 bits per heavy atom. The van der Waals surface area contributed by atoms with Crippen molar-refractivity contribution in [2.45, 2.75) is 44.2 Å². The van der Waals surface area contributed by atoms with Crippen molar-refractivity contribution in [2.75, 3.05) is 50.6 Å². The fourth-order valence-electron chi connectivity index (χ4n) is 4.74. The van der Waals surface area contributed by atoms with Crippen LogP contribution in [0.25, 0.3) is 17.0 Å². The fraction of sp³-hybridized carbons (Fsp3) is 0.565. The van der Waals surface area contributed by atoms with Crippen LogP contribution in [-0.2, 0) is 4.74 Å². The second kappa shape index (κ2) is 9.75. The van der Waals surface area contributed by atoms with Gasteiger partial charge in [0.2, 0.25) is 17.8 Å². The van der Waals surface area contributed by atoms with E-state index in [1.807, 2.05) is 4.90 Å². The molecule has 1 aromatic carbocycles. The number of nitrogens with one attached hydrogen (secondary N) is 1. The molecule has 5 rings (SSSR count). The second-order valence-corrected chi connectivity index (χ2v) is 9.07. The molecule has 1 saturated carbocycles. The van der Waals surface area contributed by atoms with Crippen LogP contribution in [0.3, 0.4) is 0 Å². The van der Waals surface area contributed by atoms with Crippen LogP contribution in [0.5, 0.6) is 0 Å². The molecule has 0 unspecified atom stereocenters. The first-order valence-corrected chi connectivity index (χ1v) is 11.8.